The van der Waals surface area contributed by atoms with E-state index in [0.717, 1.165) is 33.3 Å². The average Bonchev–Trinajstić information content (AvgIpc) is 3.16. The lowest BCUT2D eigenvalue weighted by Gasteiger charge is -2.06. The first-order valence-corrected chi connectivity index (χ1v) is 8.49. The molecule has 0 spiro atoms. The van der Waals surface area contributed by atoms with Crippen LogP contribution in [0.25, 0.3) is 10.9 Å². The number of aromatic nitrogens is 3. The Morgan fingerprint density at radius 1 is 1.15 bits per heavy atom. The summed E-state index contributed by atoms with van der Waals surface area (Å²) >= 11 is 0. The number of aryl methyl sites for hydroxylation is 3. The third-order valence-corrected chi connectivity index (χ3v) is 4.53. The molecule has 136 valence electrons. The van der Waals surface area contributed by atoms with Gasteiger partial charge in [0, 0.05) is 29.8 Å². The first kappa shape index (κ1) is 17.7. The number of carbonyl (C=O) groups is 2. The molecule has 26 heavy (non-hydrogen) atoms. The van der Waals surface area contributed by atoms with E-state index in [0.29, 0.717) is 5.69 Å². The summed E-state index contributed by atoms with van der Waals surface area (Å²) < 4.78 is 1.49. The summed E-state index contributed by atoms with van der Waals surface area (Å²) in [7, 11) is 1.57. The Morgan fingerprint density at radius 2 is 1.88 bits per heavy atom. The van der Waals surface area contributed by atoms with E-state index in [-0.39, 0.29) is 24.8 Å². The van der Waals surface area contributed by atoms with Crippen molar-refractivity contribution in [2.75, 3.05) is 12.4 Å². The molecular formula is C19H23N5O2. The molecule has 0 aliphatic heterocycles. The Hall–Kier alpha value is -3.09. The lowest BCUT2D eigenvalue weighted by molar-refractivity contribution is -0.121. The van der Waals surface area contributed by atoms with Gasteiger partial charge in [-0.15, -0.1) is 0 Å². The smallest absolute Gasteiger partial charge is 0.241 e. The highest BCUT2D eigenvalue weighted by atomic mass is 16.2. The number of rotatable bonds is 5. The largest absolute Gasteiger partial charge is 0.358 e. The maximum absolute atomic E-state index is 12.5. The van der Waals surface area contributed by atoms with Gasteiger partial charge in [0.1, 0.15) is 6.54 Å². The Labute approximate surface area is 151 Å². The van der Waals surface area contributed by atoms with Crippen molar-refractivity contribution in [1.82, 2.24) is 20.1 Å². The van der Waals surface area contributed by atoms with Gasteiger partial charge in [-0.25, -0.2) is 0 Å². The van der Waals surface area contributed by atoms with E-state index in [4.69, 9.17) is 0 Å². The number of nitrogens with zero attached hydrogens (tertiary/aromatic N) is 2. The molecule has 0 saturated carbocycles. The second-order valence-corrected chi connectivity index (χ2v) is 6.50. The Kier molecular flexibility index (Phi) is 4.79. The number of likely N-dealkylation sites (N-methyl/N-ethyl adjacent to an activating group) is 1. The monoisotopic (exact) mass is 353 g/mol. The summed E-state index contributed by atoms with van der Waals surface area (Å²) in [6.07, 6.45) is 3.46. The predicted octanol–water partition coefficient (Wildman–Crippen LogP) is 2.22. The zero-order chi connectivity index (χ0) is 18.8. The molecule has 1 aromatic carbocycles. The number of carbonyl (C=O) groups excluding carboxylic acids is 2. The molecule has 2 aromatic heterocycles. The third kappa shape index (κ3) is 3.46. The number of nitrogens with one attached hydrogen (secondary N) is 3. The standard InChI is InChI=1S/C19H23N5O2/c1-11-5-6-12(2)19-18(11)15(13(3)22-19)7-16(25)23-14-8-21-24(9-14)10-17(26)20-4/h5-6,8-9,22H,7,10H2,1-4H3,(H,20,26)(H,23,25). The molecular weight excluding hydrogens is 330 g/mol. The van der Waals surface area contributed by atoms with Crippen LogP contribution in [0.4, 0.5) is 5.69 Å². The number of amides is 2. The van der Waals surface area contributed by atoms with Gasteiger partial charge in [-0.3, -0.25) is 14.3 Å². The van der Waals surface area contributed by atoms with Crippen LogP contribution in [0.2, 0.25) is 0 Å². The highest BCUT2D eigenvalue weighted by Crippen LogP contribution is 2.28. The summed E-state index contributed by atoms with van der Waals surface area (Å²) in [6, 6.07) is 4.16. The van der Waals surface area contributed by atoms with E-state index >= 15 is 0 Å². The number of aromatic amines is 1. The first-order chi connectivity index (χ1) is 12.4. The summed E-state index contributed by atoms with van der Waals surface area (Å²) in [4.78, 5) is 27.3. The van der Waals surface area contributed by atoms with Crippen molar-refractivity contribution in [2.45, 2.75) is 33.7 Å². The first-order valence-electron chi connectivity index (χ1n) is 8.49. The molecule has 3 aromatic rings. The summed E-state index contributed by atoms with van der Waals surface area (Å²) in [5, 5.41) is 10.6. The van der Waals surface area contributed by atoms with Gasteiger partial charge in [0.05, 0.1) is 18.3 Å². The SMILES string of the molecule is CNC(=O)Cn1cc(NC(=O)Cc2c(C)[nH]c3c(C)ccc(C)c23)cn1. The molecule has 0 radical (unpaired) electrons. The molecule has 3 rings (SSSR count). The van der Waals surface area contributed by atoms with Crippen LogP contribution in [0.1, 0.15) is 22.4 Å². The van der Waals surface area contributed by atoms with E-state index in [1.54, 1.807) is 19.4 Å². The maximum atomic E-state index is 12.5. The highest BCUT2D eigenvalue weighted by molar-refractivity contribution is 5.98. The molecule has 0 aliphatic carbocycles. The van der Waals surface area contributed by atoms with Gasteiger partial charge < -0.3 is 15.6 Å². The van der Waals surface area contributed by atoms with E-state index < -0.39 is 0 Å². The minimum absolute atomic E-state index is 0.116. The summed E-state index contributed by atoms with van der Waals surface area (Å²) in [6.45, 7) is 6.22. The molecule has 0 atom stereocenters. The van der Waals surface area contributed by atoms with Crippen molar-refractivity contribution >= 4 is 28.4 Å². The fourth-order valence-electron chi connectivity index (χ4n) is 3.14. The van der Waals surface area contributed by atoms with E-state index in [1.807, 2.05) is 6.92 Å². The minimum Gasteiger partial charge on any atom is -0.358 e. The van der Waals surface area contributed by atoms with E-state index in [1.165, 1.54) is 4.68 Å². The maximum Gasteiger partial charge on any atom is 0.241 e. The molecule has 0 bridgehead atoms. The molecule has 3 N–H and O–H groups in total. The minimum atomic E-state index is -0.147. The molecule has 7 nitrogen and oxygen atoms in total. The molecule has 2 heterocycles. The van der Waals surface area contributed by atoms with Crippen molar-refractivity contribution in [2.24, 2.45) is 0 Å². The van der Waals surface area contributed by atoms with Crippen LogP contribution in [0.3, 0.4) is 0 Å². The van der Waals surface area contributed by atoms with Crippen molar-refractivity contribution < 1.29 is 9.59 Å². The molecule has 2 amide bonds. The fraction of sp³-hybridized carbons (Fsp3) is 0.316. The van der Waals surface area contributed by atoms with Crippen LogP contribution in [0, 0.1) is 20.8 Å². The van der Waals surface area contributed by atoms with Crippen molar-refractivity contribution in [3.05, 3.63) is 46.9 Å². The average molecular weight is 353 g/mol. The molecule has 0 fully saturated rings. The van der Waals surface area contributed by atoms with Crippen molar-refractivity contribution in [3.8, 4) is 0 Å². The zero-order valence-corrected chi connectivity index (χ0v) is 15.4. The second kappa shape index (κ2) is 7.03. The summed E-state index contributed by atoms with van der Waals surface area (Å²) in [5.74, 6) is -0.263. The number of benzene rings is 1. The molecule has 0 aliphatic rings. The van der Waals surface area contributed by atoms with Crippen molar-refractivity contribution in [1.29, 1.82) is 0 Å². The Bertz CT molecular complexity index is 983. The topological polar surface area (TPSA) is 91.8 Å². The van der Waals surface area contributed by atoms with Gasteiger partial charge in [0.2, 0.25) is 11.8 Å². The zero-order valence-electron chi connectivity index (χ0n) is 15.4. The number of anilines is 1. The van der Waals surface area contributed by atoms with Crippen LogP contribution in [-0.2, 0) is 22.6 Å². The van der Waals surface area contributed by atoms with Gasteiger partial charge in [0.25, 0.3) is 0 Å². The van der Waals surface area contributed by atoms with Crippen LogP contribution in [0.15, 0.2) is 24.5 Å². The predicted molar refractivity (Wildman–Crippen MR) is 101 cm³/mol. The van der Waals surface area contributed by atoms with Gasteiger partial charge in [-0.2, -0.15) is 5.10 Å². The number of hydrogen-bond acceptors (Lipinski definition) is 3. The Morgan fingerprint density at radius 3 is 2.62 bits per heavy atom. The Balaban J connectivity index is 1.77. The highest BCUT2D eigenvalue weighted by Gasteiger charge is 2.16. The van der Waals surface area contributed by atoms with Crippen LogP contribution < -0.4 is 10.6 Å². The normalized spacial score (nSPS) is 10.9. The van der Waals surface area contributed by atoms with Crippen LogP contribution in [-0.4, -0.2) is 33.6 Å². The lowest BCUT2D eigenvalue weighted by Crippen LogP contribution is -2.23. The number of fused-ring (bicyclic) bond motifs is 1. The molecule has 0 unspecified atom stereocenters. The quantitative estimate of drug-likeness (QED) is 0.657. The van der Waals surface area contributed by atoms with Gasteiger partial charge >= 0.3 is 0 Å². The van der Waals surface area contributed by atoms with Gasteiger partial charge in [0.15, 0.2) is 0 Å². The number of hydrogen-bond donors (Lipinski definition) is 3. The number of H-pyrrole nitrogens is 1. The summed E-state index contributed by atoms with van der Waals surface area (Å²) in [5.41, 5.74) is 5.99. The van der Waals surface area contributed by atoms with Gasteiger partial charge in [-0.1, -0.05) is 12.1 Å². The van der Waals surface area contributed by atoms with Crippen molar-refractivity contribution in [3.63, 3.8) is 0 Å². The fourth-order valence-corrected chi connectivity index (χ4v) is 3.14. The van der Waals surface area contributed by atoms with Crippen LogP contribution in [0.5, 0.6) is 0 Å². The van der Waals surface area contributed by atoms with Gasteiger partial charge in [-0.05, 0) is 37.5 Å². The third-order valence-electron chi connectivity index (χ3n) is 4.53. The molecule has 0 saturated heterocycles. The lowest BCUT2D eigenvalue weighted by atomic mass is 10.0. The molecule has 7 heteroatoms. The second-order valence-electron chi connectivity index (χ2n) is 6.50. The van der Waals surface area contributed by atoms with E-state index in [2.05, 4.69) is 46.7 Å². The van der Waals surface area contributed by atoms with E-state index in [9.17, 15) is 9.59 Å². The van der Waals surface area contributed by atoms with Crippen LogP contribution >= 0.6 is 0 Å².